The first-order valence-corrected chi connectivity index (χ1v) is 7.31. The van der Waals surface area contributed by atoms with E-state index in [1.165, 1.54) is 6.20 Å². The van der Waals surface area contributed by atoms with Crippen molar-refractivity contribution in [3.05, 3.63) is 46.8 Å². The van der Waals surface area contributed by atoms with Crippen molar-refractivity contribution in [2.24, 2.45) is 11.7 Å². The lowest BCUT2D eigenvalue weighted by Gasteiger charge is -2.26. The summed E-state index contributed by atoms with van der Waals surface area (Å²) in [5.74, 6) is -0.663. The van der Waals surface area contributed by atoms with Crippen LogP contribution in [0.25, 0.3) is 16.7 Å². The molecule has 0 bridgehead atoms. The molecule has 2 aromatic heterocycles. The molecule has 1 aliphatic rings. The number of primary amides is 1. The number of amides is 1. The zero-order valence-corrected chi connectivity index (χ0v) is 13.0. The van der Waals surface area contributed by atoms with Gasteiger partial charge < -0.3 is 15.4 Å². The Morgan fingerprint density at radius 1 is 1.50 bits per heavy atom. The minimum atomic E-state index is -0.583. The Morgan fingerprint density at radius 2 is 2.23 bits per heavy atom. The van der Waals surface area contributed by atoms with E-state index in [1.807, 2.05) is 24.5 Å². The average Bonchev–Trinajstić information content (AvgIpc) is 2.82. The van der Waals surface area contributed by atoms with Crippen molar-refractivity contribution in [3.8, 4) is 0 Å². The lowest BCUT2D eigenvalue weighted by atomic mass is 9.91. The number of aromatic nitrogens is 2. The largest absolute Gasteiger partial charge is 0.388 e. The number of carbonyl (C=O) groups excluding carboxylic acids is 1. The summed E-state index contributed by atoms with van der Waals surface area (Å²) in [5, 5.41) is 11.1. The van der Waals surface area contributed by atoms with Gasteiger partial charge in [0, 0.05) is 29.4 Å². The van der Waals surface area contributed by atoms with Crippen molar-refractivity contribution in [3.63, 3.8) is 0 Å². The number of aliphatic hydroxyl groups excluding tert-OH is 1. The number of allylic oxidation sites excluding steroid dienone is 2. The Hall–Kier alpha value is -2.11. The summed E-state index contributed by atoms with van der Waals surface area (Å²) in [6, 6.07) is 1.68. The van der Waals surface area contributed by atoms with Gasteiger partial charge in [-0.15, -0.1) is 0 Å². The molecule has 0 aliphatic heterocycles. The van der Waals surface area contributed by atoms with E-state index in [0.717, 1.165) is 11.3 Å². The number of rotatable bonds is 2. The van der Waals surface area contributed by atoms with Crippen molar-refractivity contribution in [2.45, 2.75) is 20.0 Å². The van der Waals surface area contributed by atoms with E-state index >= 15 is 0 Å². The van der Waals surface area contributed by atoms with E-state index in [0.29, 0.717) is 21.6 Å². The van der Waals surface area contributed by atoms with Crippen molar-refractivity contribution in [1.82, 2.24) is 9.55 Å². The standard InChI is InChI=1S/C16H16ClN3O2/c1-8-3-4-13(21)9(2)14(8)20-7-12(15(18)22)11-5-10(17)6-19-16(11)20/h3-7,9,13,21H,1-2H3,(H2,18,22)/t9-,13-/m1/s1. The molecule has 2 atom stereocenters. The lowest BCUT2D eigenvalue weighted by molar-refractivity contribution is 0.100. The molecule has 5 nitrogen and oxygen atoms in total. The van der Waals surface area contributed by atoms with Crippen LogP contribution in [0.15, 0.2) is 36.2 Å². The first kappa shape index (κ1) is 14.8. The van der Waals surface area contributed by atoms with Gasteiger partial charge in [0.2, 0.25) is 0 Å². The molecule has 0 spiro atoms. The molecule has 0 fully saturated rings. The van der Waals surface area contributed by atoms with Gasteiger partial charge in [0.25, 0.3) is 5.91 Å². The number of aliphatic hydroxyl groups is 1. The second kappa shape index (κ2) is 5.26. The summed E-state index contributed by atoms with van der Waals surface area (Å²) < 4.78 is 1.82. The Balaban J connectivity index is 2.32. The van der Waals surface area contributed by atoms with Crippen molar-refractivity contribution < 1.29 is 9.90 Å². The topological polar surface area (TPSA) is 81.1 Å². The molecule has 3 N–H and O–H groups in total. The quantitative estimate of drug-likeness (QED) is 0.893. The minimum absolute atomic E-state index is 0.126. The van der Waals surface area contributed by atoms with E-state index in [2.05, 4.69) is 4.98 Å². The molecule has 0 unspecified atom stereocenters. The molecule has 0 aromatic carbocycles. The SMILES string of the molecule is CC1=C(n2cc(C(N)=O)c3cc(Cl)cnc32)[C@H](C)[C@H](O)C=C1. The summed E-state index contributed by atoms with van der Waals surface area (Å²) in [4.78, 5) is 16.0. The molecule has 114 valence electrons. The summed E-state index contributed by atoms with van der Waals surface area (Å²) >= 11 is 5.98. The van der Waals surface area contributed by atoms with Crippen molar-refractivity contribution in [2.75, 3.05) is 0 Å². The summed E-state index contributed by atoms with van der Waals surface area (Å²) in [5.41, 5.74) is 8.32. The van der Waals surface area contributed by atoms with Gasteiger partial charge in [-0.2, -0.15) is 0 Å². The zero-order valence-electron chi connectivity index (χ0n) is 12.2. The van der Waals surface area contributed by atoms with Crippen LogP contribution in [0.4, 0.5) is 0 Å². The minimum Gasteiger partial charge on any atom is -0.388 e. The van der Waals surface area contributed by atoms with Crippen molar-refractivity contribution in [1.29, 1.82) is 0 Å². The number of nitrogens with two attached hydrogens (primary N) is 1. The van der Waals surface area contributed by atoms with Gasteiger partial charge >= 0.3 is 0 Å². The molecule has 0 saturated heterocycles. The Bertz CT molecular complexity index is 835. The van der Waals surface area contributed by atoms with Crippen molar-refractivity contribution >= 4 is 34.2 Å². The molecule has 22 heavy (non-hydrogen) atoms. The number of fused-ring (bicyclic) bond motifs is 1. The molecule has 2 heterocycles. The fraction of sp³-hybridized carbons (Fsp3) is 0.250. The average molecular weight is 318 g/mol. The van der Waals surface area contributed by atoms with Crippen LogP contribution in [-0.4, -0.2) is 26.7 Å². The Labute approximate surface area is 132 Å². The van der Waals surface area contributed by atoms with Gasteiger partial charge in [-0.1, -0.05) is 30.7 Å². The number of halogens is 1. The molecule has 0 saturated carbocycles. The highest BCUT2D eigenvalue weighted by Gasteiger charge is 2.26. The highest BCUT2D eigenvalue weighted by molar-refractivity contribution is 6.31. The molecule has 3 rings (SSSR count). The molecule has 0 radical (unpaired) electrons. The molecule has 1 amide bonds. The van der Waals surface area contributed by atoms with E-state index in [9.17, 15) is 9.90 Å². The number of pyridine rings is 1. The van der Waals surface area contributed by atoms with Crippen LogP contribution in [0.3, 0.4) is 0 Å². The summed E-state index contributed by atoms with van der Waals surface area (Å²) in [6.45, 7) is 3.89. The number of carbonyl (C=O) groups is 1. The van der Waals surface area contributed by atoms with E-state index in [-0.39, 0.29) is 5.92 Å². The second-order valence-corrected chi connectivity index (χ2v) is 5.94. The highest BCUT2D eigenvalue weighted by atomic mass is 35.5. The third-order valence-electron chi connectivity index (χ3n) is 4.03. The van der Waals surface area contributed by atoms with Gasteiger partial charge in [-0.25, -0.2) is 4.98 Å². The third-order valence-corrected chi connectivity index (χ3v) is 4.23. The fourth-order valence-electron chi connectivity index (χ4n) is 2.89. The van der Waals surface area contributed by atoms with Crippen LogP contribution in [0.5, 0.6) is 0 Å². The maximum atomic E-state index is 11.7. The van der Waals surface area contributed by atoms with E-state index < -0.39 is 12.0 Å². The molecular weight excluding hydrogens is 302 g/mol. The first-order chi connectivity index (χ1) is 10.4. The monoisotopic (exact) mass is 317 g/mol. The lowest BCUT2D eigenvalue weighted by Crippen LogP contribution is -2.23. The number of nitrogens with zero attached hydrogens (tertiary/aromatic N) is 2. The van der Waals surface area contributed by atoms with Gasteiger partial charge in [-0.3, -0.25) is 4.79 Å². The van der Waals surface area contributed by atoms with Crippen LogP contribution < -0.4 is 5.73 Å². The summed E-state index contributed by atoms with van der Waals surface area (Å²) in [7, 11) is 0. The van der Waals surface area contributed by atoms with Crippen LogP contribution in [0.2, 0.25) is 5.02 Å². The highest BCUT2D eigenvalue weighted by Crippen LogP contribution is 2.34. The summed E-state index contributed by atoms with van der Waals surface area (Å²) in [6.07, 6.45) is 6.24. The number of hydrogen-bond donors (Lipinski definition) is 2. The second-order valence-electron chi connectivity index (χ2n) is 5.51. The number of hydrogen-bond acceptors (Lipinski definition) is 3. The van der Waals surface area contributed by atoms with Gasteiger partial charge in [0.1, 0.15) is 5.65 Å². The fourth-order valence-corrected chi connectivity index (χ4v) is 3.05. The van der Waals surface area contributed by atoms with E-state index in [4.69, 9.17) is 17.3 Å². The zero-order chi connectivity index (χ0) is 16.0. The van der Waals surface area contributed by atoms with E-state index in [1.54, 1.807) is 18.3 Å². The van der Waals surface area contributed by atoms with Gasteiger partial charge in [0.05, 0.1) is 16.7 Å². The predicted octanol–water partition coefficient (Wildman–Crippen LogP) is 2.59. The molecular formula is C16H16ClN3O2. The van der Waals surface area contributed by atoms with Crippen LogP contribution >= 0.6 is 11.6 Å². The molecule has 6 heteroatoms. The maximum absolute atomic E-state index is 11.7. The smallest absolute Gasteiger partial charge is 0.250 e. The Morgan fingerprint density at radius 3 is 2.91 bits per heavy atom. The van der Waals surface area contributed by atoms with Gasteiger partial charge in [0.15, 0.2) is 0 Å². The third kappa shape index (κ3) is 2.23. The van der Waals surface area contributed by atoms with Gasteiger partial charge in [-0.05, 0) is 18.6 Å². The molecule has 2 aromatic rings. The normalized spacial score (nSPS) is 21.6. The Kier molecular flexibility index (Phi) is 3.54. The van der Waals surface area contributed by atoms with Crippen LogP contribution in [-0.2, 0) is 0 Å². The van der Waals surface area contributed by atoms with Crippen LogP contribution in [0.1, 0.15) is 24.2 Å². The molecule has 1 aliphatic carbocycles. The predicted molar refractivity (Wildman–Crippen MR) is 86.5 cm³/mol. The van der Waals surface area contributed by atoms with Crippen LogP contribution in [0, 0.1) is 5.92 Å². The maximum Gasteiger partial charge on any atom is 0.250 e. The first-order valence-electron chi connectivity index (χ1n) is 6.94.